The van der Waals surface area contributed by atoms with Crippen LogP contribution < -0.4 is 4.89 Å². The number of carbonyl (C=O) groups excluding carboxylic acids is 1. The molecule has 9 heteroatoms. The van der Waals surface area contributed by atoms with E-state index < -0.39 is 13.9 Å². The third kappa shape index (κ3) is 41.6. The van der Waals surface area contributed by atoms with E-state index in [-0.39, 0.29) is 25.8 Å². The molecule has 2 atom stereocenters. The Bertz CT molecular complexity index is 947. The van der Waals surface area contributed by atoms with Crippen LogP contribution in [0.3, 0.4) is 0 Å². The highest BCUT2D eigenvalue weighted by Gasteiger charge is 2.19. The molecule has 0 heterocycles. The van der Waals surface area contributed by atoms with Gasteiger partial charge in [0, 0.05) is 6.42 Å². The molecule has 0 aromatic carbocycles. The molecular formula is C44H84NO7P. The van der Waals surface area contributed by atoms with Crippen molar-refractivity contribution in [2.24, 2.45) is 0 Å². The lowest BCUT2D eigenvalue weighted by atomic mass is 10.1. The average molecular weight is 770 g/mol. The minimum atomic E-state index is -4.52. The lowest BCUT2D eigenvalue weighted by Crippen LogP contribution is -2.37. The minimum absolute atomic E-state index is 0.0246. The van der Waals surface area contributed by atoms with Crippen molar-refractivity contribution in [3.63, 3.8) is 0 Å². The van der Waals surface area contributed by atoms with Crippen LogP contribution in [0.25, 0.3) is 0 Å². The van der Waals surface area contributed by atoms with Gasteiger partial charge in [0.05, 0.1) is 34.0 Å². The first kappa shape index (κ1) is 51.6. The van der Waals surface area contributed by atoms with Crippen LogP contribution in [0.4, 0.5) is 0 Å². The summed E-state index contributed by atoms with van der Waals surface area (Å²) < 4.78 is 34.3. The number of likely N-dealkylation sites (N-methyl/N-ethyl adjacent to an activating group) is 1. The molecule has 0 fully saturated rings. The summed E-state index contributed by atoms with van der Waals surface area (Å²) in [6.07, 6.45) is 43.9. The van der Waals surface area contributed by atoms with Crippen LogP contribution in [0, 0.1) is 0 Å². The van der Waals surface area contributed by atoms with Crippen molar-refractivity contribution in [1.82, 2.24) is 0 Å². The number of phosphoric acid groups is 1. The van der Waals surface area contributed by atoms with Gasteiger partial charge in [-0.1, -0.05) is 134 Å². The van der Waals surface area contributed by atoms with E-state index in [9.17, 15) is 14.3 Å². The van der Waals surface area contributed by atoms with E-state index in [4.69, 9.17) is 18.5 Å². The summed E-state index contributed by atoms with van der Waals surface area (Å²) in [5, 5.41) is 0. The molecule has 0 amide bonds. The van der Waals surface area contributed by atoms with Crippen molar-refractivity contribution in [3.05, 3.63) is 36.6 Å². The molecule has 53 heavy (non-hydrogen) atoms. The molecule has 2 unspecified atom stereocenters. The number of allylic oxidation sites excluding steroid dienone is 5. The molecule has 0 saturated heterocycles. The maximum atomic E-state index is 12.5. The van der Waals surface area contributed by atoms with Crippen molar-refractivity contribution in [3.8, 4) is 0 Å². The highest BCUT2D eigenvalue weighted by Crippen LogP contribution is 2.38. The van der Waals surface area contributed by atoms with Gasteiger partial charge in [0.2, 0.25) is 0 Å². The van der Waals surface area contributed by atoms with E-state index in [1.54, 1.807) is 6.26 Å². The summed E-state index contributed by atoms with van der Waals surface area (Å²) in [7, 11) is 1.35. The number of nitrogens with zero attached hydrogens (tertiary/aromatic N) is 1. The molecule has 0 rings (SSSR count). The first-order chi connectivity index (χ1) is 25.6. The van der Waals surface area contributed by atoms with E-state index in [0.717, 1.165) is 44.9 Å². The second-order valence-corrected chi connectivity index (χ2v) is 17.2. The van der Waals surface area contributed by atoms with Gasteiger partial charge in [-0.05, 0) is 76.7 Å². The Labute approximate surface area is 327 Å². The van der Waals surface area contributed by atoms with Gasteiger partial charge < -0.3 is 27.9 Å². The topological polar surface area (TPSA) is 94.1 Å². The fourth-order valence-corrected chi connectivity index (χ4v) is 6.48. The molecule has 0 radical (unpaired) electrons. The van der Waals surface area contributed by atoms with E-state index in [1.165, 1.54) is 122 Å². The smallest absolute Gasteiger partial charge is 0.305 e. The molecule has 312 valence electrons. The summed E-state index contributed by atoms with van der Waals surface area (Å²) in [4.78, 5) is 24.8. The van der Waals surface area contributed by atoms with Gasteiger partial charge in [0.15, 0.2) is 6.10 Å². The molecular weight excluding hydrogens is 685 g/mol. The Hall–Kier alpha value is -1.44. The molecule has 0 saturated carbocycles. The van der Waals surface area contributed by atoms with Crippen LogP contribution in [0.15, 0.2) is 36.6 Å². The SMILES string of the molecule is CCCCCC/C=C\CCCCCCCCCC(=O)OCC(COP(=O)([O-])OCC[N+](C)(C)C)O/C=C\CCCCCC/C=C\CCCCCCCC. The van der Waals surface area contributed by atoms with Gasteiger partial charge in [-0.15, -0.1) is 0 Å². The Morgan fingerprint density at radius 1 is 0.585 bits per heavy atom. The summed E-state index contributed by atoms with van der Waals surface area (Å²) in [6, 6.07) is 0. The zero-order chi connectivity index (χ0) is 39.1. The van der Waals surface area contributed by atoms with Crippen LogP contribution in [-0.2, 0) is 27.9 Å². The zero-order valence-corrected chi connectivity index (χ0v) is 36.1. The highest BCUT2D eigenvalue weighted by atomic mass is 31.2. The first-order valence-electron chi connectivity index (χ1n) is 21.8. The number of rotatable bonds is 40. The number of esters is 1. The third-order valence-corrected chi connectivity index (χ3v) is 10.2. The largest absolute Gasteiger partial charge is 0.756 e. The van der Waals surface area contributed by atoms with Crippen molar-refractivity contribution in [2.45, 2.75) is 193 Å². The predicted octanol–water partition coefficient (Wildman–Crippen LogP) is 12.3. The van der Waals surface area contributed by atoms with Crippen LogP contribution in [0.1, 0.15) is 187 Å². The molecule has 0 aliphatic heterocycles. The maximum Gasteiger partial charge on any atom is 0.305 e. The Kier molecular flexibility index (Phi) is 36.5. The second-order valence-electron chi connectivity index (χ2n) is 15.8. The fourth-order valence-electron chi connectivity index (χ4n) is 5.75. The van der Waals surface area contributed by atoms with Gasteiger partial charge in [-0.3, -0.25) is 9.36 Å². The predicted molar refractivity (Wildman–Crippen MR) is 222 cm³/mol. The number of ether oxygens (including phenoxy) is 2. The molecule has 0 aliphatic carbocycles. The van der Waals surface area contributed by atoms with E-state index in [1.807, 2.05) is 27.2 Å². The highest BCUT2D eigenvalue weighted by molar-refractivity contribution is 7.45. The van der Waals surface area contributed by atoms with Gasteiger partial charge in [0.1, 0.15) is 19.8 Å². The number of quaternary nitrogens is 1. The van der Waals surface area contributed by atoms with Crippen molar-refractivity contribution in [2.75, 3.05) is 47.5 Å². The lowest BCUT2D eigenvalue weighted by Gasteiger charge is -2.28. The van der Waals surface area contributed by atoms with E-state index in [2.05, 4.69) is 38.2 Å². The average Bonchev–Trinajstić information content (AvgIpc) is 3.11. The van der Waals surface area contributed by atoms with Crippen LogP contribution in [-0.4, -0.2) is 64.1 Å². The molecule has 0 aromatic rings. The van der Waals surface area contributed by atoms with Crippen LogP contribution in [0.5, 0.6) is 0 Å². The number of hydrogen-bond donors (Lipinski definition) is 0. The number of unbranched alkanes of at least 4 members (excludes halogenated alkanes) is 22. The van der Waals surface area contributed by atoms with Crippen molar-refractivity contribution >= 4 is 13.8 Å². The maximum absolute atomic E-state index is 12.5. The number of hydrogen-bond acceptors (Lipinski definition) is 7. The molecule has 8 nitrogen and oxygen atoms in total. The molecule has 0 spiro atoms. The molecule has 0 aromatic heterocycles. The molecule has 0 aliphatic rings. The lowest BCUT2D eigenvalue weighted by molar-refractivity contribution is -0.870. The monoisotopic (exact) mass is 770 g/mol. The van der Waals surface area contributed by atoms with Gasteiger partial charge in [-0.25, -0.2) is 0 Å². The fraction of sp³-hybridized carbons (Fsp3) is 0.841. The van der Waals surface area contributed by atoms with Gasteiger partial charge in [-0.2, -0.15) is 0 Å². The normalized spacial score (nSPS) is 14.1. The first-order valence-corrected chi connectivity index (χ1v) is 23.2. The molecule has 0 N–H and O–H groups in total. The summed E-state index contributed by atoms with van der Waals surface area (Å²) >= 11 is 0. The summed E-state index contributed by atoms with van der Waals surface area (Å²) in [5.74, 6) is -0.300. The van der Waals surface area contributed by atoms with Crippen molar-refractivity contribution < 1.29 is 37.3 Å². The Balaban J connectivity index is 4.31. The van der Waals surface area contributed by atoms with Gasteiger partial charge >= 0.3 is 5.97 Å². The minimum Gasteiger partial charge on any atom is -0.756 e. The quantitative estimate of drug-likeness (QED) is 0.0153. The zero-order valence-electron chi connectivity index (χ0n) is 35.2. The Morgan fingerprint density at radius 2 is 1.00 bits per heavy atom. The number of carbonyl (C=O) groups is 1. The van der Waals surface area contributed by atoms with Gasteiger partial charge in [0.25, 0.3) is 7.82 Å². The number of phosphoric ester groups is 1. The third-order valence-electron chi connectivity index (χ3n) is 9.25. The van der Waals surface area contributed by atoms with Crippen LogP contribution >= 0.6 is 7.82 Å². The summed E-state index contributed by atoms with van der Waals surface area (Å²) in [5.41, 5.74) is 0. The van der Waals surface area contributed by atoms with Crippen LogP contribution in [0.2, 0.25) is 0 Å². The molecule has 0 bridgehead atoms. The van der Waals surface area contributed by atoms with E-state index >= 15 is 0 Å². The van der Waals surface area contributed by atoms with E-state index in [0.29, 0.717) is 17.4 Å². The summed E-state index contributed by atoms with van der Waals surface area (Å²) in [6.45, 7) is 4.68. The second kappa shape index (κ2) is 37.5. The Morgan fingerprint density at radius 3 is 1.47 bits per heavy atom. The van der Waals surface area contributed by atoms with Crippen molar-refractivity contribution in [1.29, 1.82) is 0 Å². The standard InChI is InChI=1S/C44H84NO7P/c1-6-8-10-12-14-16-18-20-22-24-26-28-30-32-34-36-39-49-43(42-52-53(47,48)51-40-38-45(3,4)5)41-50-44(46)37-35-33-31-29-27-25-23-21-19-17-15-13-11-9-7-2/h17,19-20,22,36,39,43H,6-16,18,21,23-35,37-38,40-42H2,1-5H3/b19-17-,22-20-,39-36-.